The van der Waals surface area contributed by atoms with Crippen LogP contribution in [0.25, 0.3) is 0 Å². The second kappa shape index (κ2) is 11.5. The van der Waals surface area contributed by atoms with E-state index in [9.17, 15) is 5.11 Å². The first kappa shape index (κ1) is 22.0. The summed E-state index contributed by atoms with van der Waals surface area (Å²) in [7, 11) is 0. The Morgan fingerprint density at radius 2 is 2.18 bits per heavy atom. The quantitative estimate of drug-likeness (QED) is 0.619. The molecule has 1 aliphatic heterocycles. The number of hydrogen-bond acceptors (Lipinski definition) is 4. The molecule has 22 heavy (non-hydrogen) atoms. The number of aliphatic hydroxyl groups is 1. The highest BCUT2D eigenvalue weighted by Gasteiger charge is 2.29. The Balaban J connectivity index is 0.00000220. The van der Waals surface area contributed by atoms with Crippen molar-refractivity contribution in [1.29, 1.82) is 0 Å². The van der Waals surface area contributed by atoms with Crippen LogP contribution in [-0.4, -0.2) is 42.6 Å². The topological polar surface area (TPSA) is 44.3 Å². The van der Waals surface area contributed by atoms with Crippen LogP contribution in [0.1, 0.15) is 24.0 Å². The van der Waals surface area contributed by atoms with Gasteiger partial charge in [-0.2, -0.15) is 11.8 Å². The molecule has 1 heterocycles. The second-order valence-electron chi connectivity index (χ2n) is 5.72. The van der Waals surface area contributed by atoms with Gasteiger partial charge in [-0.15, -0.1) is 24.8 Å². The number of thioether (sulfide) groups is 1. The van der Waals surface area contributed by atoms with Crippen LogP contribution in [0.4, 0.5) is 0 Å². The minimum absolute atomic E-state index is 0. The standard InChI is InChI=1S/C16H26N2OS.2ClH/c1-14-4-2-5-15(10-14)11-20-9-3-7-17-12-16(19)6-8-18-13-16;;/h2,4-5,10,17-19H,3,6-9,11-13H2,1H3;2*1H. The Hall–Kier alpha value is 0.0300. The molecule has 1 aromatic carbocycles. The van der Waals surface area contributed by atoms with Crippen LogP contribution in [0, 0.1) is 6.92 Å². The Bertz CT molecular complexity index is 415. The second-order valence-corrected chi connectivity index (χ2v) is 6.83. The third-order valence-corrected chi connectivity index (χ3v) is 4.78. The van der Waals surface area contributed by atoms with Crippen molar-refractivity contribution in [1.82, 2.24) is 10.6 Å². The van der Waals surface area contributed by atoms with Crippen molar-refractivity contribution in [3.8, 4) is 0 Å². The molecule has 0 radical (unpaired) electrons. The van der Waals surface area contributed by atoms with Gasteiger partial charge in [0.25, 0.3) is 0 Å². The molecule has 0 bridgehead atoms. The first-order chi connectivity index (χ1) is 9.68. The molecule has 1 aromatic rings. The maximum Gasteiger partial charge on any atom is 0.0907 e. The molecule has 1 atom stereocenters. The van der Waals surface area contributed by atoms with E-state index in [-0.39, 0.29) is 24.8 Å². The van der Waals surface area contributed by atoms with Crippen molar-refractivity contribution in [3.05, 3.63) is 35.4 Å². The molecule has 3 nitrogen and oxygen atoms in total. The summed E-state index contributed by atoms with van der Waals surface area (Å²) < 4.78 is 0. The molecule has 1 aliphatic rings. The van der Waals surface area contributed by atoms with Crippen molar-refractivity contribution >= 4 is 36.6 Å². The maximum absolute atomic E-state index is 10.1. The molecule has 1 saturated heterocycles. The molecule has 6 heteroatoms. The first-order valence-electron chi connectivity index (χ1n) is 7.45. The minimum atomic E-state index is -0.519. The molecule has 1 unspecified atom stereocenters. The van der Waals surface area contributed by atoms with E-state index >= 15 is 0 Å². The smallest absolute Gasteiger partial charge is 0.0907 e. The van der Waals surface area contributed by atoms with Gasteiger partial charge in [0, 0.05) is 18.8 Å². The predicted molar refractivity (Wildman–Crippen MR) is 102 cm³/mol. The SMILES string of the molecule is Cc1cccc(CSCCCNCC2(O)CCNC2)c1.Cl.Cl. The lowest BCUT2D eigenvalue weighted by Crippen LogP contribution is -2.42. The van der Waals surface area contributed by atoms with Gasteiger partial charge in [-0.3, -0.25) is 0 Å². The zero-order valence-corrected chi connectivity index (χ0v) is 15.6. The van der Waals surface area contributed by atoms with Crippen LogP contribution in [0.5, 0.6) is 0 Å². The van der Waals surface area contributed by atoms with Crippen molar-refractivity contribution < 1.29 is 5.11 Å². The largest absolute Gasteiger partial charge is 0.387 e. The molecular weight excluding hydrogens is 339 g/mol. The number of hydrogen-bond donors (Lipinski definition) is 3. The van der Waals surface area contributed by atoms with Crippen LogP contribution in [-0.2, 0) is 5.75 Å². The van der Waals surface area contributed by atoms with E-state index in [1.807, 2.05) is 11.8 Å². The van der Waals surface area contributed by atoms with E-state index in [2.05, 4.69) is 41.8 Å². The third kappa shape index (κ3) is 8.04. The van der Waals surface area contributed by atoms with Gasteiger partial charge in [-0.05, 0) is 44.2 Å². The van der Waals surface area contributed by atoms with Gasteiger partial charge in [-0.25, -0.2) is 0 Å². The molecule has 1 fully saturated rings. The first-order valence-corrected chi connectivity index (χ1v) is 8.61. The number of β-amino-alcohol motifs (C(OH)–C–C–N with tert-alkyl or cyclic N) is 1. The minimum Gasteiger partial charge on any atom is -0.387 e. The van der Waals surface area contributed by atoms with E-state index in [1.54, 1.807) is 0 Å². The highest BCUT2D eigenvalue weighted by molar-refractivity contribution is 7.98. The van der Waals surface area contributed by atoms with Crippen LogP contribution < -0.4 is 10.6 Å². The van der Waals surface area contributed by atoms with Crippen LogP contribution in [0.15, 0.2) is 24.3 Å². The summed E-state index contributed by atoms with van der Waals surface area (Å²) in [6.45, 7) is 5.50. The normalized spacial score (nSPS) is 20.3. The van der Waals surface area contributed by atoms with Gasteiger partial charge < -0.3 is 15.7 Å². The molecular formula is C16H28Cl2N2OS. The van der Waals surface area contributed by atoms with E-state index in [0.29, 0.717) is 6.54 Å². The predicted octanol–water partition coefficient (Wildman–Crippen LogP) is 2.78. The Labute approximate surface area is 150 Å². The zero-order chi connectivity index (χ0) is 14.3. The number of benzene rings is 1. The molecule has 0 aromatic heterocycles. The van der Waals surface area contributed by atoms with Gasteiger partial charge in [0.1, 0.15) is 0 Å². The van der Waals surface area contributed by atoms with Crippen LogP contribution in [0.3, 0.4) is 0 Å². The molecule has 0 saturated carbocycles. The fourth-order valence-corrected chi connectivity index (χ4v) is 3.40. The number of aryl methyl sites for hydroxylation is 1. The highest BCUT2D eigenvalue weighted by atomic mass is 35.5. The van der Waals surface area contributed by atoms with Crippen molar-refractivity contribution in [2.75, 3.05) is 31.9 Å². The van der Waals surface area contributed by atoms with E-state index in [1.165, 1.54) is 11.1 Å². The van der Waals surface area contributed by atoms with Gasteiger partial charge >= 0.3 is 0 Å². The summed E-state index contributed by atoms with van der Waals surface area (Å²) in [6, 6.07) is 8.72. The third-order valence-electron chi connectivity index (χ3n) is 3.67. The molecule has 0 aliphatic carbocycles. The zero-order valence-electron chi connectivity index (χ0n) is 13.1. The van der Waals surface area contributed by atoms with Gasteiger partial charge in [0.2, 0.25) is 0 Å². The van der Waals surface area contributed by atoms with E-state index < -0.39 is 5.60 Å². The average Bonchev–Trinajstić information content (AvgIpc) is 2.85. The molecule has 0 amide bonds. The van der Waals surface area contributed by atoms with Gasteiger partial charge in [0.05, 0.1) is 5.60 Å². The number of halogens is 2. The summed E-state index contributed by atoms with van der Waals surface area (Å²) in [5.74, 6) is 2.26. The molecule has 2 rings (SSSR count). The summed E-state index contributed by atoms with van der Waals surface area (Å²) in [5.41, 5.74) is 2.23. The fraction of sp³-hybridized carbons (Fsp3) is 0.625. The van der Waals surface area contributed by atoms with Crippen molar-refractivity contribution in [2.24, 2.45) is 0 Å². The lowest BCUT2D eigenvalue weighted by Gasteiger charge is -2.21. The van der Waals surface area contributed by atoms with Crippen LogP contribution >= 0.6 is 36.6 Å². The fourth-order valence-electron chi connectivity index (χ4n) is 2.49. The summed E-state index contributed by atoms with van der Waals surface area (Å²) in [6.07, 6.45) is 2.02. The average molecular weight is 367 g/mol. The van der Waals surface area contributed by atoms with Gasteiger partial charge in [-0.1, -0.05) is 29.8 Å². The van der Waals surface area contributed by atoms with Gasteiger partial charge in [0.15, 0.2) is 0 Å². The van der Waals surface area contributed by atoms with Crippen molar-refractivity contribution in [3.63, 3.8) is 0 Å². The monoisotopic (exact) mass is 366 g/mol. The molecule has 0 spiro atoms. The number of rotatable bonds is 8. The summed E-state index contributed by atoms with van der Waals surface area (Å²) in [5, 5.41) is 16.7. The lowest BCUT2D eigenvalue weighted by atomic mass is 10.0. The Kier molecular flexibility index (Phi) is 11.6. The lowest BCUT2D eigenvalue weighted by molar-refractivity contribution is 0.0614. The van der Waals surface area contributed by atoms with Crippen molar-refractivity contribution in [2.45, 2.75) is 31.1 Å². The Morgan fingerprint density at radius 3 is 2.86 bits per heavy atom. The number of nitrogens with one attached hydrogen (secondary N) is 2. The Morgan fingerprint density at radius 1 is 1.36 bits per heavy atom. The van der Waals surface area contributed by atoms with E-state index in [4.69, 9.17) is 0 Å². The van der Waals surface area contributed by atoms with E-state index in [0.717, 1.165) is 44.0 Å². The van der Waals surface area contributed by atoms with Crippen LogP contribution in [0.2, 0.25) is 0 Å². The molecule has 128 valence electrons. The molecule has 3 N–H and O–H groups in total. The summed E-state index contributed by atoms with van der Waals surface area (Å²) in [4.78, 5) is 0. The highest BCUT2D eigenvalue weighted by Crippen LogP contribution is 2.15. The maximum atomic E-state index is 10.1. The summed E-state index contributed by atoms with van der Waals surface area (Å²) >= 11 is 1.98.